The smallest absolute Gasteiger partial charge is 0.150 e. The van der Waals surface area contributed by atoms with Crippen LogP contribution in [0.3, 0.4) is 0 Å². The number of nitrogens with two attached hydrogens (primary N) is 1. The van der Waals surface area contributed by atoms with Gasteiger partial charge in [-0.3, -0.25) is 4.21 Å². The summed E-state index contributed by atoms with van der Waals surface area (Å²) in [6, 6.07) is 10.5. The highest BCUT2D eigenvalue weighted by Gasteiger charge is 2.11. The minimum Gasteiger partial charge on any atom is -0.495 e. The van der Waals surface area contributed by atoms with E-state index >= 15 is 0 Å². The quantitative estimate of drug-likeness (QED) is 0.927. The van der Waals surface area contributed by atoms with Crippen molar-refractivity contribution in [2.24, 2.45) is 0 Å². The first-order valence-electron chi connectivity index (χ1n) is 5.81. The van der Waals surface area contributed by atoms with E-state index in [0.717, 1.165) is 5.56 Å². The Balaban J connectivity index is 2.25. The fraction of sp³-hybridized carbons (Fsp3) is 0.143. The third kappa shape index (κ3) is 2.95. The monoisotopic (exact) mass is 287 g/mol. The number of aromatic nitrogens is 1. The van der Waals surface area contributed by atoms with Crippen molar-refractivity contribution in [1.29, 1.82) is 5.26 Å². The Morgan fingerprint density at radius 2 is 2.25 bits per heavy atom. The second-order valence-corrected chi connectivity index (χ2v) is 5.40. The first kappa shape index (κ1) is 14.0. The molecule has 5 nitrogen and oxygen atoms in total. The van der Waals surface area contributed by atoms with Crippen molar-refractivity contribution in [3.8, 4) is 11.8 Å². The van der Waals surface area contributed by atoms with E-state index in [9.17, 15) is 4.21 Å². The molecule has 20 heavy (non-hydrogen) atoms. The zero-order valence-electron chi connectivity index (χ0n) is 10.9. The standard InChI is InChI=1S/C14H13N3O2S/c1-19-13-7-10(4-5-11(13)8-15)9-20(18)14-12(16)3-2-6-17-14/h2-7H,9,16H2,1H3. The van der Waals surface area contributed by atoms with Crippen LogP contribution in [0.1, 0.15) is 11.1 Å². The van der Waals surface area contributed by atoms with Gasteiger partial charge in [-0.25, -0.2) is 4.98 Å². The SMILES string of the molecule is COc1cc(CS(=O)c2ncccc2N)ccc1C#N. The normalized spacial score (nSPS) is 11.6. The van der Waals surface area contributed by atoms with Gasteiger partial charge in [0.05, 0.1) is 34.9 Å². The molecule has 6 heteroatoms. The highest BCUT2D eigenvalue weighted by atomic mass is 32.2. The predicted octanol–water partition coefficient (Wildman–Crippen LogP) is 1.85. The number of methoxy groups -OCH3 is 1. The number of pyridine rings is 1. The van der Waals surface area contributed by atoms with Crippen LogP contribution < -0.4 is 10.5 Å². The minimum atomic E-state index is -1.34. The van der Waals surface area contributed by atoms with E-state index in [4.69, 9.17) is 15.7 Å². The molecule has 0 radical (unpaired) electrons. The van der Waals surface area contributed by atoms with Crippen molar-refractivity contribution in [2.75, 3.05) is 12.8 Å². The van der Waals surface area contributed by atoms with Gasteiger partial charge in [0.1, 0.15) is 16.8 Å². The predicted molar refractivity (Wildman–Crippen MR) is 76.5 cm³/mol. The lowest BCUT2D eigenvalue weighted by Crippen LogP contribution is -2.03. The van der Waals surface area contributed by atoms with E-state index in [1.54, 1.807) is 36.5 Å². The van der Waals surface area contributed by atoms with E-state index < -0.39 is 10.8 Å². The van der Waals surface area contributed by atoms with Crippen LogP contribution in [0.25, 0.3) is 0 Å². The van der Waals surface area contributed by atoms with Crippen molar-refractivity contribution in [1.82, 2.24) is 4.98 Å². The molecule has 0 amide bonds. The highest BCUT2D eigenvalue weighted by molar-refractivity contribution is 7.84. The topological polar surface area (TPSA) is 89.0 Å². The second-order valence-electron chi connectivity index (χ2n) is 4.03. The summed E-state index contributed by atoms with van der Waals surface area (Å²) < 4.78 is 17.4. The van der Waals surface area contributed by atoms with Gasteiger partial charge < -0.3 is 10.5 Å². The zero-order valence-corrected chi connectivity index (χ0v) is 11.7. The summed E-state index contributed by atoms with van der Waals surface area (Å²) in [6.45, 7) is 0. The van der Waals surface area contributed by atoms with Crippen LogP contribution in [0.5, 0.6) is 5.75 Å². The Kier molecular flexibility index (Phi) is 4.33. The molecule has 2 N–H and O–H groups in total. The van der Waals surface area contributed by atoms with E-state index in [1.807, 2.05) is 6.07 Å². The van der Waals surface area contributed by atoms with Gasteiger partial charge in [-0.1, -0.05) is 6.07 Å². The Morgan fingerprint density at radius 3 is 2.90 bits per heavy atom. The molecule has 1 atom stereocenters. The van der Waals surface area contributed by atoms with Crippen LogP contribution in [-0.2, 0) is 16.6 Å². The number of nitrogen functional groups attached to an aromatic ring is 1. The number of hydrogen-bond donors (Lipinski definition) is 1. The van der Waals surface area contributed by atoms with Crippen molar-refractivity contribution < 1.29 is 8.95 Å². The van der Waals surface area contributed by atoms with Gasteiger partial charge in [-0.2, -0.15) is 5.26 Å². The molecule has 1 unspecified atom stereocenters. The lowest BCUT2D eigenvalue weighted by molar-refractivity contribution is 0.413. The Hall–Kier alpha value is -2.39. The Bertz CT molecular complexity index is 695. The molecule has 0 saturated heterocycles. The summed E-state index contributed by atoms with van der Waals surface area (Å²) in [5.74, 6) is 0.736. The van der Waals surface area contributed by atoms with Gasteiger partial charge in [0.25, 0.3) is 0 Å². The number of rotatable bonds is 4. The maximum absolute atomic E-state index is 12.3. The van der Waals surface area contributed by atoms with E-state index in [1.165, 1.54) is 7.11 Å². The molecule has 0 aliphatic carbocycles. The Morgan fingerprint density at radius 1 is 1.45 bits per heavy atom. The maximum atomic E-state index is 12.3. The van der Waals surface area contributed by atoms with Crippen LogP contribution in [0.2, 0.25) is 0 Å². The fourth-order valence-corrected chi connectivity index (χ4v) is 2.86. The summed E-state index contributed by atoms with van der Waals surface area (Å²) in [4.78, 5) is 4.04. The molecule has 1 aromatic heterocycles. The van der Waals surface area contributed by atoms with E-state index in [-0.39, 0.29) is 5.75 Å². The fourth-order valence-electron chi connectivity index (χ4n) is 1.73. The number of ether oxygens (including phenoxy) is 1. The van der Waals surface area contributed by atoms with Crippen LogP contribution >= 0.6 is 0 Å². The number of anilines is 1. The number of nitrogens with zero attached hydrogens (tertiary/aromatic N) is 2. The summed E-state index contributed by atoms with van der Waals surface area (Å²) in [7, 11) is 0.154. The zero-order chi connectivity index (χ0) is 14.5. The summed E-state index contributed by atoms with van der Waals surface area (Å²) in [5.41, 5.74) is 7.40. The molecule has 0 fully saturated rings. The number of benzene rings is 1. The molecule has 1 heterocycles. The second kappa shape index (κ2) is 6.17. The molecule has 2 rings (SSSR count). The molecule has 0 spiro atoms. The lowest BCUT2D eigenvalue weighted by atomic mass is 10.1. The molecule has 102 valence electrons. The third-order valence-corrected chi connectivity index (χ3v) is 4.07. The summed E-state index contributed by atoms with van der Waals surface area (Å²) >= 11 is 0. The molecule has 2 aromatic rings. The van der Waals surface area contributed by atoms with Gasteiger partial charge in [0.2, 0.25) is 0 Å². The molecule has 0 bridgehead atoms. The average molecular weight is 287 g/mol. The van der Waals surface area contributed by atoms with Crippen molar-refractivity contribution >= 4 is 16.5 Å². The van der Waals surface area contributed by atoms with Gasteiger partial charge in [0, 0.05) is 6.20 Å². The van der Waals surface area contributed by atoms with Crippen LogP contribution in [-0.4, -0.2) is 16.3 Å². The molecular formula is C14H13N3O2S. The Labute approximate surface area is 119 Å². The van der Waals surface area contributed by atoms with E-state index in [0.29, 0.717) is 22.0 Å². The van der Waals surface area contributed by atoms with Crippen LogP contribution in [0.4, 0.5) is 5.69 Å². The lowest BCUT2D eigenvalue weighted by Gasteiger charge is -2.07. The van der Waals surface area contributed by atoms with Gasteiger partial charge >= 0.3 is 0 Å². The van der Waals surface area contributed by atoms with Gasteiger partial charge in [-0.15, -0.1) is 0 Å². The van der Waals surface area contributed by atoms with Crippen molar-refractivity contribution in [3.63, 3.8) is 0 Å². The first-order chi connectivity index (χ1) is 9.65. The summed E-state index contributed by atoms with van der Waals surface area (Å²) in [6.07, 6.45) is 1.56. The maximum Gasteiger partial charge on any atom is 0.150 e. The summed E-state index contributed by atoms with van der Waals surface area (Å²) in [5, 5.41) is 9.29. The number of hydrogen-bond acceptors (Lipinski definition) is 5. The number of nitriles is 1. The molecular weight excluding hydrogens is 274 g/mol. The molecule has 0 aliphatic rings. The minimum absolute atomic E-state index is 0.267. The van der Waals surface area contributed by atoms with Crippen molar-refractivity contribution in [3.05, 3.63) is 47.7 Å². The average Bonchev–Trinajstić information content (AvgIpc) is 2.47. The van der Waals surface area contributed by atoms with Crippen LogP contribution in [0, 0.1) is 11.3 Å². The van der Waals surface area contributed by atoms with Crippen LogP contribution in [0.15, 0.2) is 41.6 Å². The van der Waals surface area contributed by atoms with Crippen molar-refractivity contribution in [2.45, 2.75) is 10.8 Å². The first-order valence-corrected chi connectivity index (χ1v) is 7.13. The molecule has 0 aliphatic heterocycles. The van der Waals surface area contributed by atoms with E-state index in [2.05, 4.69) is 4.98 Å². The molecule has 0 saturated carbocycles. The third-order valence-electron chi connectivity index (χ3n) is 2.70. The van der Waals surface area contributed by atoms with Gasteiger partial charge in [-0.05, 0) is 29.8 Å². The highest BCUT2D eigenvalue weighted by Crippen LogP contribution is 2.22. The van der Waals surface area contributed by atoms with Gasteiger partial charge in [0.15, 0.2) is 0 Å². The largest absolute Gasteiger partial charge is 0.495 e. The molecule has 1 aromatic carbocycles.